The van der Waals surface area contributed by atoms with E-state index < -0.39 is 0 Å². The van der Waals surface area contributed by atoms with Gasteiger partial charge in [0.15, 0.2) is 0 Å². The van der Waals surface area contributed by atoms with Gasteiger partial charge in [-0.3, -0.25) is 0 Å². The molecule has 0 amide bonds. The Bertz CT molecular complexity index is 200. The zero-order valence-electron chi connectivity index (χ0n) is 13.2. The molecule has 0 spiro atoms. The molecule has 0 aromatic rings. The van der Waals surface area contributed by atoms with Crippen LogP contribution in [-0.2, 0) is 4.74 Å². The number of nitrogens with one attached hydrogen (secondary N) is 1. The lowest BCUT2D eigenvalue weighted by molar-refractivity contribution is -0.0150. The van der Waals surface area contributed by atoms with Crippen molar-refractivity contribution in [3.63, 3.8) is 0 Å². The Hall–Kier alpha value is -0.0800. The van der Waals surface area contributed by atoms with E-state index in [0.717, 1.165) is 6.54 Å². The summed E-state index contributed by atoms with van der Waals surface area (Å²) in [5, 5.41) is 3.59. The summed E-state index contributed by atoms with van der Waals surface area (Å²) in [7, 11) is 1.83. The second-order valence-corrected chi connectivity index (χ2v) is 7.29. The molecule has 17 heavy (non-hydrogen) atoms. The Morgan fingerprint density at radius 3 is 1.88 bits per heavy atom. The zero-order valence-corrected chi connectivity index (χ0v) is 13.2. The molecular weight excluding hydrogens is 210 g/mol. The van der Waals surface area contributed by atoms with Gasteiger partial charge in [-0.15, -0.1) is 0 Å². The van der Waals surface area contributed by atoms with Gasteiger partial charge in [0.05, 0.1) is 6.10 Å². The molecule has 0 aliphatic carbocycles. The number of likely N-dealkylation sites (N-methyl/N-ethyl adjacent to an activating group) is 1. The molecule has 2 nitrogen and oxygen atoms in total. The van der Waals surface area contributed by atoms with Gasteiger partial charge in [0, 0.05) is 13.2 Å². The summed E-state index contributed by atoms with van der Waals surface area (Å²) in [4.78, 5) is 0. The minimum atomic E-state index is 0.180. The number of rotatable bonds is 6. The molecule has 0 aromatic heterocycles. The van der Waals surface area contributed by atoms with Gasteiger partial charge >= 0.3 is 0 Å². The molecular formula is C15H33NO. The molecule has 0 aliphatic heterocycles. The monoisotopic (exact) mass is 243 g/mol. The molecule has 0 radical (unpaired) electrons. The number of hydrogen-bond acceptors (Lipinski definition) is 2. The third kappa shape index (κ3) is 7.05. The molecule has 0 fully saturated rings. The Morgan fingerprint density at radius 1 is 1.06 bits per heavy atom. The summed E-state index contributed by atoms with van der Waals surface area (Å²) in [6.45, 7) is 16.8. The normalized spacial score (nSPS) is 16.9. The maximum Gasteiger partial charge on any atom is 0.0772 e. The van der Waals surface area contributed by atoms with Crippen LogP contribution in [0.15, 0.2) is 0 Å². The fourth-order valence-electron chi connectivity index (χ4n) is 2.33. The molecule has 0 rings (SSSR count). The standard InChI is InChI=1S/C15H33NO/c1-9-16-12(10-11-14(2,3)4)13(17-8)15(5,6)7/h12-13,16H,9-11H2,1-8H3. The average Bonchev–Trinajstić information content (AvgIpc) is 2.11. The Morgan fingerprint density at radius 2 is 1.59 bits per heavy atom. The van der Waals surface area contributed by atoms with Crippen LogP contribution in [0.5, 0.6) is 0 Å². The topological polar surface area (TPSA) is 21.3 Å². The first-order valence-corrected chi connectivity index (χ1v) is 6.88. The van der Waals surface area contributed by atoms with E-state index >= 15 is 0 Å². The molecule has 2 unspecified atom stereocenters. The van der Waals surface area contributed by atoms with Crippen molar-refractivity contribution in [3.05, 3.63) is 0 Å². The average molecular weight is 243 g/mol. The Balaban J connectivity index is 4.59. The maximum atomic E-state index is 5.73. The van der Waals surface area contributed by atoms with Crippen LogP contribution in [0.4, 0.5) is 0 Å². The van der Waals surface area contributed by atoms with E-state index in [-0.39, 0.29) is 11.5 Å². The minimum absolute atomic E-state index is 0.180. The Kier molecular flexibility index (Phi) is 6.71. The lowest BCUT2D eigenvalue weighted by atomic mass is 9.80. The number of methoxy groups -OCH3 is 1. The second-order valence-electron chi connectivity index (χ2n) is 7.29. The van der Waals surface area contributed by atoms with Gasteiger partial charge < -0.3 is 10.1 Å². The van der Waals surface area contributed by atoms with E-state index in [1.807, 2.05) is 7.11 Å². The van der Waals surface area contributed by atoms with Crippen molar-refractivity contribution in [3.8, 4) is 0 Å². The van der Waals surface area contributed by atoms with E-state index in [9.17, 15) is 0 Å². The summed E-state index contributed by atoms with van der Waals surface area (Å²) in [5.74, 6) is 0. The van der Waals surface area contributed by atoms with Crippen molar-refractivity contribution < 1.29 is 4.74 Å². The first-order chi connectivity index (χ1) is 7.61. The van der Waals surface area contributed by atoms with Crippen molar-refractivity contribution in [2.45, 2.75) is 73.5 Å². The van der Waals surface area contributed by atoms with E-state index in [2.05, 4.69) is 53.8 Å². The van der Waals surface area contributed by atoms with Gasteiger partial charge in [0.25, 0.3) is 0 Å². The van der Waals surface area contributed by atoms with Crippen LogP contribution in [-0.4, -0.2) is 25.8 Å². The summed E-state index contributed by atoms with van der Waals surface area (Å²) in [6, 6.07) is 0.448. The first kappa shape index (κ1) is 16.9. The van der Waals surface area contributed by atoms with Crippen LogP contribution in [0.2, 0.25) is 0 Å². The maximum absolute atomic E-state index is 5.73. The molecule has 0 heterocycles. The highest BCUT2D eigenvalue weighted by Crippen LogP contribution is 2.29. The molecule has 0 bridgehead atoms. The van der Waals surface area contributed by atoms with Crippen molar-refractivity contribution in [2.75, 3.05) is 13.7 Å². The van der Waals surface area contributed by atoms with E-state index in [4.69, 9.17) is 4.74 Å². The van der Waals surface area contributed by atoms with Gasteiger partial charge in [0.2, 0.25) is 0 Å². The van der Waals surface area contributed by atoms with Crippen LogP contribution in [0.3, 0.4) is 0 Å². The molecule has 1 N–H and O–H groups in total. The molecule has 0 aromatic carbocycles. The lowest BCUT2D eigenvalue weighted by Crippen LogP contribution is -2.48. The van der Waals surface area contributed by atoms with Crippen LogP contribution in [0, 0.1) is 10.8 Å². The summed E-state index contributed by atoms with van der Waals surface area (Å²) in [6.07, 6.45) is 2.66. The van der Waals surface area contributed by atoms with Crippen LogP contribution >= 0.6 is 0 Å². The molecule has 2 atom stereocenters. The SMILES string of the molecule is CCNC(CCC(C)(C)C)C(OC)C(C)(C)C. The van der Waals surface area contributed by atoms with Crippen LogP contribution in [0.1, 0.15) is 61.3 Å². The predicted molar refractivity (Wildman–Crippen MR) is 76.4 cm³/mol. The number of ether oxygens (including phenoxy) is 1. The Labute approximate surface area is 109 Å². The zero-order chi connectivity index (χ0) is 13.7. The highest BCUT2D eigenvalue weighted by atomic mass is 16.5. The van der Waals surface area contributed by atoms with Gasteiger partial charge in [-0.05, 0) is 30.2 Å². The predicted octanol–water partition coefficient (Wildman–Crippen LogP) is 3.85. The van der Waals surface area contributed by atoms with Crippen molar-refractivity contribution in [1.29, 1.82) is 0 Å². The highest BCUT2D eigenvalue weighted by Gasteiger charge is 2.32. The van der Waals surface area contributed by atoms with Crippen molar-refractivity contribution >= 4 is 0 Å². The van der Waals surface area contributed by atoms with E-state index in [1.54, 1.807) is 0 Å². The van der Waals surface area contributed by atoms with Gasteiger partial charge in [-0.2, -0.15) is 0 Å². The summed E-state index contributed by atoms with van der Waals surface area (Å²) >= 11 is 0. The van der Waals surface area contributed by atoms with Gasteiger partial charge in [0.1, 0.15) is 0 Å². The van der Waals surface area contributed by atoms with Crippen LogP contribution < -0.4 is 5.32 Å². The van der Waals surface area contributed by atoms with E-state index in [1.165, 1.54) is 12.8 Å². The van der Waals surface area contributed by atoms with Crippen LogP contribution in [0.25, 0.3) is 0 Å². The molecule has 2 heteroatoms. The third-order valence-electron chi connectivity index (χ3n) is 3.14. The largest absolute Gasteiger partial charge is 0.379 e. The van der Waals surface area contributed by atoms with Crippen molar-refractivity contribution in [2.24, 2.45) is 10.8 Å². The quantitative estimate of drug-likeness (QED) is 0.765. The first-order valence-electron chi connectivity index (χ1n) is 6.88. The summed E-state index contributed by atoms with van der Waals surface area (Å²) in [5.41, 5.74) is 0.573. The van der Waals surface area contributed by atoms with Gasteiger partial charge in [-0.25, -0.2) is 0 Å². The minimum Gasteiger partial charge on any atom is -0.379 e. The lowest BCUT2D eigenvalue weighted by Gasteiger charge is -2.37. The third-order valence-corrected chi connectivity index (χ3v) is 3.14. The highest BCUT2D eigenvalue weighted by molar-refractivity contribution is 4.86. The molecule has 104 valence electrons. The smallest absolute Gasteiger partial charge is 0.0772 e. The number of hydrogen-bond donors (Lipinski definition) is 1. The van der Waals surface area contributed by atoms with Gasteiger partial charge in [-0.1, -0.05) is 48.5 Å². The van der Waals surface area contributed by atoms with E-state index in [0.29, 0.717) is 11.5 Å². The summed E-state index contributed by atoms with van der Waals surface area (Å²) < 4.78 is 5.73. The molecule has 0 saturated carbocycles. The molecule has 0 saturated heterocycles. The fourth-order valence-corrected chi connectivity index (χ4v) is 2.33. The van der Waals surface area contributed by atoms with Crippen molar-refractivity contribution in [1.82, 2.24) is 5.32 Å². The second kappa shape index (κ2) is 6.75. The fraction of sp³-hybridized carbons (Fsp3) is 1.00. The molecule has 0 aliphatic rings.